The normalized spacial score (nSPS) is 12.3. The minimum Gasteiger partial charge on any atom is -0.508 e. The molecule has 2 N–H and O–H groups in total. The molecule has 0 aliphatic carbocycles. The van der Waals surface area contributed by atoms with Crippen LogP contribution in [-0.2, 0) is 18.3 Å². The van der Waals surface area contributed by atoms with Crippen molar-refractivity contribution < 1.29 is 10.2 Å². The molecule has 32 heavy (non-hydrogen) atoms. The molecule has 0 heterocycles. The van der Waals surface area contributed by atoms with Crippen LogP contribution < -0.4 is 0 Å². The maximum atomic E-state index is 10.6. The Morgan fingerprint density at radius 3 is 1.59 bits per heavy atom. The predicted octanol–water partition coefficient (Wildman–Crippen LogP) is 8.60. The highest BCUT2D eigenvalue weighted by Gasteiger charge is 2.27. The first-order valence-corrected chi connectivity index (χ1v) is 15.7. The van der Waals surface area contributed by atoms with Crippen molar-refractivity contribution >= 4 is 8.07 Å². The summed E-state index contributed by atoms with van der Waals surface area (Å²) in [5.41, 5.74) is 4.37. The van der Waals surface area contributed by atoms with Crippen LogP contribution in [0.25, 0.3) is 0 Å². The van der Waals surface area contributed by atoms with E-state index in [1.54, 1.807) is 0 Å². The SMILES string of the molecule is CCCCCc1cc(C(C)(C)c2ccc(O)c(CCC[Si](CC)(CC)CC)c2)ccc1O. The highest BCUT2D eigenvalue weighted by molar-refractivity contribution is 6.79. The van der Waals surface area contributed by atoms with Gasteiger partial charge in [0.05, 0.1) is 8.07 Å². The van der Waals surface area contributed by atoms with Gasteiger partial charge in [0.25, 0.3) is 0 Å². The number of aromatic hydroxyl groups is 2. The first-order chi connectivity index (χ1) is 15.2. The summed E-state index contributed by atoms with van der Waals surface area (Å²) in [4.78, 5) is 0. The molecular formula is C29H46O2Si. The van der Waals surface area contributed by atoms with Gasteiger partial charge in [-0.2, -0.15) is 0 Å². The Labute approximate surface area is 198 Å². The van der Waals surface area contributed by atoms with Crippen LogP contribution in [0.4, 0.5) is 0 Å². The molecule has 0 saturated carbocycles. The second-order valence-corrected chi connectivity index (χ2v) is 15.8. The first kappa shape index (κ1) is 26.5. The van der Waals surface area contributed by atoms with E-state index in [2.05, 4.69) is 65.8 Å². The minimum absolute atomic E-state index is 0.190. The largest absolute Gasteiger partial charge is 0.508 e. The van der Waals surface area contributed by atoms with Gasteiger partial charge in [0.15, 0.2) is 0 Å². The minimum atomic E-state index is -1.12. The fourth-order valence-electron chi connectivity index (χ4n) is 5.02. The van der Waals surface area contributed by atoms with Crippen molar-refractivity contribution in [3.63, 3.8) is 0 Å². The van der Waals surface area contributed by atoms with Crippen LogP contribution in [0.5, 0.6) is 11.5 Å². The van der Waals surface area contributed by atoms with Gasteiger partial charge in [-0.15, -0.1) is 0 Å². The molecule has 0 bridgehead atoms. The van der Waals surface area contributed by atoms with Crippen molar-refractivity contribution in [1.29, 1.82) is 0 Å². The van der Waals surface area contributed by atoms with Crippen LogP contribution in [0.15, 0.2) is 36.4 Å². The van der Waals surface area contributed by atoms with E-state index in [1.165, 1.54) is 54.6 Å². The van der Waals surface area contributed by atoms with E-state index in [-0.39, 0.29) is 5.41 Å². The van der Waals surface area contributed by atoms with Crippen molar-refractivity contribution in [1.82, 2.24) is 0 Å². The molecule has 0 aromatic heterocycles. The average Bonchev–Trinajstić information content (AvgIpc) is 2.79. The van der Waals surface area contributed by atoms with E-state index < -0.39 is 8.07 Å². The summed E-state index contributed by atoms with van der Waals surface area (Å²) in [6, 6.07) is 17.7. The van der Waals surface area contributed by atoms with Crippen LogP contribution >= 0.6 is 0 Å². The number of aryl methyl sites for hydroxylation is 2. The van der Waals surface area contributed by atoms with Gasteiger partial charge in [-0.05, 0) is 53.6 Å². The number of rotatable bonds is 13. The van der Waals surface area contributed by atoms with Gasteiger partial charge < -0.3 is 10.2 Å². The molecule has 2 rings (SSSR count). The summed E-state index contributed by atoms with van der Waals surface area (Å²) in [5.74, 6) is 0.828. The third-order valence-corrected chi connectivity index (χ3v) is 14.0. The van der Waals surface area contributed by atoms with Crippen LogP contribution in [0.2, 0.25) is 24.2 Å². The van der Waals surface area contributed by atoms with E-state index in [1.807, 2.05) is 12.1 Å². The smallest absolute Gasteiger partial charge is 0.118 e. The molecule has 0 saturated heterocycles. The summed E-state index contributed by atoms with van der Waals surface area (Å²) >= 11 is 0. The highest BCUT2D eigenvalue weighted by Crippen LogP contribution is 2.37. The zero-order chi connectivity index (χ0) is 23.8. The molecule has 2 aromatic rings. The molecule has 0 aliphatic heterocycles. The molecule has 0 fully saturated rings. The molecule has 0 atom stereocenters. The Morgan fingerprint density at radius 1 is 0.688 bits per heavy atom. The Hall–Kier alpha value is -1.74. The molecule has 3 heteroatoms. The van der Waals surface area contributed by atoms with Gasteiger partial charge in [0.1, 0.15) is 11.5 Å². The molecule has 2 nitrogen and oxygen atoms in total. The molecule has 0 amide bonds. The van der Waals surface area contributed by atoms with Crippen molar-refractivity contribution in [2.75, 3.05) is 0 Å². The van der Waals surface area contributed by atoms with E-state index in [0.29, 0.717) is 11.5 Å². The van der Waals surface area contributed by atoms with Crippen molar-refractivity contribution in [2.45, 2.75) is 110 Å². The third kappa shape index (κ3) is 6.40. The summed E-state index contributed by atoms with van der Waals surface area (Å²) in [5, 5.41) is 20.9. The lowest BCUT2D eigenvalue weighted by atomic mass is 9.76. The maximum Gasteiger partial charge on any atom is 0.118 e. The number of hydrogen-bond acceptors (Lipinski definition) is 2. The van der Waals surface area contributed by atoms with Gasteiger partial charge in [-0.3, -0.25) is 0 Å². The topological polar surface area (TPSA) is 40.5 Å². The Bertz CT molecular complexity index is 844. The average molecular weight is 455 g/mol. The van der Waals surface area contributed by atoms with Gasteiger partial charge >= 0.3 is 0 Å². The Kier molecular flexibility index (Phi) is 9.88. The molecule has 178 valence electrons. The molecule has 0 unspecified atom stereocenters. The van der Waals surface area contributed by atoms with Gasteiger partial charge in [-0.25, -0.2) is 0 Å². The van der Waals surface area contributed by atoms with Gasteiger partial charge in [0, 0.05) is 5.41 Å². The molecule has 0 spiro atoms. The van der Waals surface area contributed by atoms with Crippen LogP contribution in [0.3, 0.4) is 0 Å². The molecule has 0 radical (unpaired) electrons. The third-order valence-electron chi connectivity index (χ3n) is 8.06. The molecule has 0 aliphatic rings. The van der Waals surface area contributed by atoms with Crippen molar-refractivity contribution in [3.8, 4) is 11.5 Å². The van der Waals surface area contributed by atoms with Crippen molar-refractivity contribution in [2.24, 2.45) is 0 Å². The Morgan fingerprint density at radius 2 is 1.16 bits per heavy atom. The zero-order valence-corrected chi connectivity index (χ0v) is 22.4. The standard InChI is InChI=1S/C29H46O2Si/c1-7-11-12-14-23-21-25(16-18-27(23)30)29(5,6)26-17-19-28(31)24(22-26)15-13-20-32(8-2,9-3)10-4/h16-19,21-22,30-31H,7-15,20H2,1-6H3. The van der Waals surface area contributed by atoms with Crippen LogP contribution in [0.1, 0.15) is 89.5 Å². The van der Waals surface area contributed by atoms with E-state index in [0.717, 1.165) is 30.4 Å². The highest BCUT2D eigenvalue weighted by atomic mass is 28.3. The lowest BCUT2D eigenvalue weighted by Gasteiger charge is -2.29. The number of phenolic OH excluding ortho intramolecular Hbond substituents is 2. The van der Waals surface area contributed by atoms with E-state index in [9.17, 15) is 10.2 Å². The number of phenols is 2. The number of benzene rings is 2. The van der Waals surface area contributed by atoms with Crippen molar-refractivity contribution in [3.05, 3.63) is 58.7 Å². The molecule has 2 aromatic carbocycles. The Balaban J connectivity index is 2.23. The second-order valence-electron chi connectivity index (χ2n) is 10.2. The van der Waals surface area contributed by atoms with E-state index in [4.69, 9.17) is 0 Å². The summed E-state index contributed by atoms with van der Waals surface area (Å²) in [6.07, 6.45) is 6.51. The summed E-state index contributed by atoms with van der Waals surface area (Å²) < 4.78 is 0. The quantitative estimate of drug-likeness (QED) is 0.235. The monoisotopic (exact) mass is 454 g/mol. The van der Waals surface area contributed by atoms with E-state index >= 15 is 0 Å². The van der Waals surface area contributed by atoms with Crippen LogP contribution in [0, 0.1) is 0 Å². The number of hydrogen-bond donors (Lipinski definition) is 2. The fraction of sp³-hybridized carbons (Fsp3) is 0.586. The summed E-state index contributed by atoms with van der Waals surface area (Å²) in [7, 11) is -1.12. The first-order valence-electron chi connectivity index (χ1n) is 12.9. The fourth-order valence-corrected chi connectivity index (χ4v) is 8.50. The van der Waals surface area contributed by atoms with Crippen LogP contribution in [-0.4, -0.2) is 18.3 Å². The van der Waals surface area contributed by atoms with Gasteiger partial charge in [0.2, 0.25) is 0 Å². The number of unbranched alkanes of at least 4 members (excludes halogenated alkanes) is 2. The zero-order valence-electron chi connectivity index (χ0n) is 21.4. The lowest BCUT2D eigenvalue weighted by molar-refractivity contribution is 0.465. The lowest BCUT2D eigenvalue weighted by Crippen LogP contribution is -2.30. The maximum absolute atomic E-state index is 10.6. The predicted molar refractivity (Wildman–Crippen MR) is 142 cm³/mol. The summed E-state index contributed by atoms with van der Waals surface area (Å²) in [6.45, 7) is 13.8. The van der Waals surface area contributed by atoms with Gasteiger partial charge in [-0.1, -0.05) is 109 Å². The second kappa shape index (κ2) is 11.9. The molecular weight excluding hydrogens is 408 g/mol.